The summed E-state index contributed by atoms with van der Waals surface area (Å²) < 4.78 is 0. The lowest BCUT2D eigenvalue weighted by Gasteiger charge is -2.36. The highest BCUT2D eigenvalue weighted by atomic mass is 35.5. The van der Waals surface area contributed by atoms with Crippen LogP contribution >= 0.6 is 11.6 Å². The van der Waals surface area contributed by atoms with Crippen molar-refractivity contribution in [2.45, 2.75) is 24.9 Å². The fourth-order valence-corrected chi connectivity index (χ4v) is 2.05. The lowest BCUT2D eigenvalue weighted by Crippen LogP contribution is -2.47. The molecule has 1 amide bonds. The number of carbonyl (C=O) groups is 1. The number of hydrogen-bond acceptors (Lipinski definition) is 2. The summed E-state index contributed by atoms with van der Waals surface area (Å²) in [6, 6.07) is 7.31. The Hall–Kier alpha value is -1.32. The predicted octanol–water partition coefficient (Wildman–Crippen LogP) is 2.38. The summed E-state index contributed by atoms with van der Waals surface area (Å²) in [6.45, 7) is 0.318. The third kappa shape index (κ3) is 3.34. The molecule has 1 aliphatic rings. The van der Waals surface area contributed by atoms with E-state index in [9.17, 15) is 9.90 Å². The van der Waals surface area contributed by atoms with Crippen molar-refractivity contribution in [3.63, 3.8) is 0 Å². The lowest BCUT2D eigenvalue weighted by atomic mass is 9.80. The molecule has 0 heterocycles. The van der Waals surface area contributed by atoms with Gasteiger partial charge >= 0.3 is 0 Å². The number of benzene rings is 1. The molecule has 1 aliphatic carbocycles. The maximum Gasteiger partial charge on any atom is 0.244 e. The van der Waals surface area contributed by atoms with Crippen LogP contribution in [-0.2, 0) is 4.79 Å². The SMILES string of the molecule is O=C(/C=C/c1ccccc1Cl)NCC1(O)CCC1. The Labute approximate surface area is 111 Å². The van der Waals surface area contributed by atoms with Gasteiger partial charge in [0.2, 0.25) is 5.91 Å². The van der Waals surface area contributed by atoms with E-state index in [0.29, 0.717) is 11.6 Å². The topological polar surface area (TPSA) is 49.3 Å². The summed E-state index contributed by atoms with van der Waals surface area (Å²) in [5.41, 5.74) is 0.116. The number of nitrogens with one attached hydrogen (secondary N) is 1. The monoisotopic (exact) mass is 265 g/mol. The van der Waals surface area contributed by atoms with E-state index in [1.54, 1.807) is 12.1 Å². The Morgan fingerprint density at radius 2 is 2.17 bits per heavy atom. The third-order valence-electron chi connectivity index (χ3n) is 3.20. The molecular formula is C14H16ClNO2. The molecule has 1 aromatic rings. The molecule has 1 aromatic carbocycles. The quantitative estimate of drug-likeness (QED) is 0.822. The van der Waals surface area contributed by atoms with Gasteiger partial charge in [-0.05, 0) is 37.0 Å². The molecule has 4 heteroatoms. The molecule has 18 heavy (non-hydrogen) atoms. The first kappa shape index (κ1) is 13.1. The average molecular weight is 266 g/mol. The van der Waals surface area contributed by atoms with Gasteiger partial charge in [0.05, 0.1) is 5.60 Å². The van der Waals surface area contributed by atoms with Crippen molar-refractivity contribution in [3.8, 4) is 0 Å². The summed E-state index contributed by atoms with van der Waals surface area (Å²) in [5, 5.41) is 13.1. The van der Waals surface area contributed by atoms with Crippen LogP contribution < -0.4 is 5.32 Å². The molecule has 2 rings (SSSR count). The first-order valence-electron chi connectivity index (χ1n) is 6.02. The molecule has 0 radical (unpaired) electrons. The van der Waals surface area contributed by atoms with Crippen LogP contribution in [0.3, 0.4) is 0 Å². The van der Waals surface area contributed by atoms with E-state index in [0.717, 1.165) is 24.8 Å². The number of rotatable bonds is 4. The minimum Gasteiger partial charge on any atom is -0.388 e. The zero-order chi connectivity index (χ0) is 13.0. The Balaban J connectivity index is 1.85. The van der Waals surface area contributed by atoms with Crippen molar-refractivity contribution < 1.29 is 9.90 Å². The number of halogens is 1. The van der Waals surface area contributed by atoms with Crippen molar-refractivity contribution >= 4 is 23.6 Å². The maximum absolute atomic E-state index is 11.6. The Morgan fingerprint density at radius 1 is 1.44 bits per heavy atom. The predicted molar refractivity (Wildman–Crippen MR) is 72.3 cm³/mol. The minimum absolute atomic E-state index is 0.213. The first-order chi connectivity index (χ1) is 8.59. The fourth-order valence-electron chi connectivity index (χ4n) is 1.85. The van der Waals surface area contributed by atoms with Crippen LogP contribution in [0, 0.1) is 0 Å². The molecule has 1 fully saturated rings. The zero-order valence-corrected chi connectivity index (χ0v) is 10.8. The molecule has 2 N–H and O–H groups in total. The van der Waals surface area contributed by atoms with Gasteiger partial charge in [0.1, 0.15) is 0 Å². The maximum atomic E-state index is 11.6. The largest absolute Gasteiger partial charge is 0.388 e. The smallest absolute Gasteiger partial charge is 0.244 e. The first-order valence-corrected chi connectivity index (χ1v) is 6.40. The van der Waals surface area contributed by atoms with Crippen LogP contribution in [0.4, 0.5) is 0 Å². The van der Waals surface area contributed by atoms with E-state index in [1.807, 2.05) is 18.2 Å². The fraction of sp³-hybridized carbons (Fsp3) is 0.357. The van der Waals surface area contributed by atoms with Crippen LogP contribution in [0.25, 0.3) is 6.08 Å². The Morgan fingerprint density at radius 3 is 2.78 bits per heavy atom. The van der Waals surface area contributed by atoms with Crippen molar-refractivity contribution in [3.05, 3.63) is 40.9 Å². The van der Waals surface area contributed by atoms with Crippen LogP contribution in [-0.4, -0.2) is 23.2 Å². The van der Waals surface area contributed by atoms with Crippen LogP contribution in [0.15, 0.2) is 30.3 Å². The molecule has 96 valence electrons. The van der Waals surface area contributed by atoms with Crippen molar-refractivity contribution in [1.82, 2.24) is 5.32 Å². The summed E-state index contributed by atoms with van der Waals surface area (Å²) in [4.78, 5) is 11.6. The lowest BCUT2D eigenvalue weighted by molar-refractivity contribution is -0.118. The minimum atomic E-state index is -0.687. The van der Waals surface area contributed by atoms with Crippen LogP contribution in [0.2, 0.25) is 5.02 Å². The molecule has 0 aliphatic heterocycles. The standard InChI is InChI=1S/C14H16ClNO2/c15-12-5-2-1-4-11(12)6-7-13(17)16-10-14(18)8-3-9-14/h1-2,4-7,18H,3,8-10H2,(H,16,17)/b7-6+. The molecule has 0 bridgehead atoms. The third-order valence-corrected chi connectivity index (χ3v) is 3.54. The zero-order valence-electron chi connectivity index (χ0n) is 10.0. The summed E-state index contributed by atoms with van der Waals surface area (Å²) in [7, 11) is 0. The van der Waals surface area contributed by atoms with E-state index in [4.69, 9.17) is 11.6 Å². The second-order valence-electron chi connectivity index (χ2n) is 4.65. The highest BCUT2D eigenvalue weighted by molar-refractivity contribution is 6.32. The number of hydrogen-bond donors (Lipinski definition) is 2. The molecule has 1 saturated carbocycles. The normalized spacial score (nSPS) is 17.4. The van der Waals surface area contributed by atoms with Crippen molar-refractivity contribution in [2.24, 2.45) is 0 Å². The van der Waals surface area contributed by atoms with E-state index >= 15 is 0 Å². The second-order valence-corrected chi connectivity index (χ2v) is 5.06. The van der Waals surface area contributed by atoms with Gasteiger partial charge in [-0.15, -0.1) is 0 Å². The van der Waals surface area contributed by atoms with E-state index in [1.165, 1.54) is 6.08 Å². The van der Waals surface area contributed by atoms with Crippen LogP contribution in [0.1, 0.15) is 24.8 Å². The van der Waals surface area contributed by atoms with Gasteiger partial charge in [-0.1, -0.05) is 29.8 Å². The number of carbonyl (C=O) groups excluding carboxylic acids is 1. The number of aliphatic hydroxyl groups is 1. The van der Waals surface area contributed by atoms with Gasteiger partial charge in [-0.25, -0.2) is 0 Å². The van der Waals surface area contributed by atoms with Crippen molar-refractivity contribution in [2.75, 3.05) is 6.54 Å². The summed E-state index contributed by atoms with van der Waals surface area (Å²) in [5.74, 6) is -0.213. The molecule has 0 atom stereocenters. The summed E-state index contributed by atoms with van der Waals surface area (Å²) in [6.07, 6.45) is 5.66. The molecular weight excluding hydrogens is 250 g/mol. The van der Waals surface area contributed by atoms with Gasteiger partial charge in [0.25, 0.3) is 0 Å². The second kappa shape index (κ2) is 5.55. The highest BCUT2D eigenvalue weighted by Gasteiger charge is 2.34. The van der Waals surface area contributed by atoms with Gasteiger partial charge in [0, 0.05) is 17.6 Å². The van der Waals surface area contributed by atoms with Crippen LogP contribution in [0.5, 0.6) is 0 Å². The Bertz CT molecular complexity index is 467. The van der Waals surface area contributed by atoms with Gasteiger partial charge in [-0.2, -0.15) is 0 Å². The van der Waals surface area contributed by atoms with Gasteiger partial charge in [0.15, 0.2) is 0 Å². The molecule has 0 aromatic heterocycles. The van der Waals surface area contributed by atoms with Gasteiger partial charge in [-0.3, -0.25) is 4.79 Å². The van der Waals surface area contributed by atoms with E-state index < -0.39 is 5.60 Å². The molecule has 0 saturated heterocycles. The highest BCUT2D eigenvalue weighted by Crippen LogP contribution is 2.30. The average Bonchev–Trinajstić information content (AvgIpc) is 2.33. The number of amides is 1. The van der Waals surface area contributed by atoms with Crippen molar-refractivity contribution in [1.29, 1.82) is 0 Å². The molecule has 3 nitrogen and oxygen atoms in total. The summed E-state index contributed by atoms with van der Waals surface area (Å²) >= 11 is 5.97. The van der Waals surface area contributed by atoms with E-state index in [-0.39, 0.29) is 5.91 Å². The Kier molecular flexibility index (Phi) is 4.04. The van der Waals surface area contributed by atoms with E-state index in [2.05, 4.69) is 5.32 Å². The molecule has 0 spiro atoms. The van der Waals surface area contributed by atoms with Gasteiger partial charge < -0.3 is 10.4 Å². The molecule has 0 unspecified atom stereocenters.